The lowest BCUT2D eigenvalue weighted by Crippen LogP contribution is -2.49. The normalized spacial score (nSPS) is 27.7. The van der Waals surface area contributed by atoms with Crippen LogP contribution in [0.3, 0.4) is 0 Å². The number of unbranched alkanes of at least 4 members (excludes halogenated alkanes) is 6. The molecule has 2 aliphatic rings. The van der Waals surface area contributed by atoms with Crippen molar-refractivity contribution < 1.29 is 29.0 Å². The molecule has 0 unspecified atom stereocenters. The van der Waals surface area contributed by atoms with E-state index in [9.17, 15) is 24.3 Å². The molecule has 6 nitrogen and oxygen atoms in total. The zero-order valence-corrected chi connectivity index (χ0v) is 18.8. The number of carboxylic acid groups (broad SMARTS) is 1. The van der Waals surface area contributed by atoms with Crippen LogP contribution in [0.2, 0.25) is 0 Å². The molecule has 0 saturated heterocycles. The summed E-state index contributed by atoms with van der Waals surface area (Å²) in [5, 5.41) is 9.57. The Balaban J connectivity index is 2.06. The Labute approximate surface area is 185 Å². The number of hydrogen-bond donors (Lipinski definition) is 1. The van der Waals surface area contributed by atoms with Crippen LogP contribution in [0, 0.1) is 23.7 Å². The SMILES string of the molecule is C=C(C=O)[C@@H]1C(=O)C[C@H](C)[C@@H]2[C@@H]1C=C(C(=O)O)C[C@@H]2OC(=O)CCCCCCCCC. The molecule has 0 spiro atoms. The summed E-state index contributed by atoms with van der Waals surface area (Å²) in [4.78, 5) is 48.2. The lowest BCUT2D eigenvalue weighted by Gasteiger charge is -2.45. The highest BCUT2D eigenvalue weighted by Crippen LogP contribution is 2.47. The van der Waals surface area contributed by atoms with Gasteiger partial charge in [-0.05, 0) is 23.8 Å². The van der Waals surface area contributed by atoms with Crippen molar-refractivity contribution in [2.45, 2.75) is 84.2 Å². The number of allylic oxidation sites excluding steroid dienone is 2. The lowest BCUT2D eigenvalue weighted by atomic mass is 9.59. The van der Waals surface area contributed by atoms with Crippen LogP contribution in [0.5, 0.6) is 0 Å². The number of ketones is 1. The minimum absolute atomic E-state index is 0.0730. The summed E-state index contributed by atoms with van der Waals surface area (Å²) in [6.07, 6.45) is 9.91. The van der Waals surface area contributed by atoms with E-state index >= 15 is 0 Å². The summed E-state index contributed by atoms with van der Waals surface area (Å²) < 4.78 is 5.78. The first kappa shape index (κ1) is 25.0. The number of fused-ring (bicyclic) bond motifs is 1. The molecule has 2 rings (SSSR count). The van der Waals surface area contributed by atoms with E-state index in [0.29, 0.717) is 12.7 Å². The van der Waals surface area contributed by atoms with E-state index in [1.807, 2.05) is 6.92 Å². The second-order valence-electron chi connectivity index (χ2n) is 9.07. The van der Waals surface area contributed by atoms with Crippen LogP contribution in [-0.2, 0) is 23.9 Å². The maximum atomic E-state index is 12.6. The third-order valence-electron chi connectivity index (χ3n) is 6.69. The number of rotatable bonds is 12. The van der Waals surface area contributed by atoms with Crippen LogP contribution in [0.25, 0.3) is 0 Å². The van der Waals surface area contributed by atoms with Gasteiger partial charge in [0.05, 0.1) is 5.92 Å². The van der Waals surface area contributed by atoms with Crippen LogP contribution >= 0.6 is 0 Å². The van der Waals surface area contributed by atoms with E-state index in [0.717, 1.165) is 19.3 Å². The number of aldehydes is 1. The van der Waals surface area contributed by atoms with E-state index in [1.54, 1.807) is 6.08 Å². The van der Waals surface area contributed by atoms with Gasteiger partial charge in [-0.2, -0.15) is 0 Å². The molecule has 0 amide bonds. The highest BCUT2D eigenvalue weighted by atomic mass is 16.5. The molecule has 172 valence electrons. The lowest BCUT2D eigenvalue weighted by molar-refractivity contribution is -0.158. The first-order valence-electron chi connectivity index (χ1n) is 11.6. The van der Waals surface area contributed by atoms with Crippen LogP contribution in [0.15, 0.2) is 23.8 Å². The molecular formula is C25H36O6. The molecular weight excluding hydrogens is 396 g/mol. The van der Waals surface area contributed by atoms with E-state index in [-0.39, 0.29) is 47.6 Å². The summed E-state index contributed by atoms with van der Waals surface area (Å²) in [5.41, 5.74) is 0.281. The summed E-state index contributed by atoms with van der Waals surface area (Å²) in [5.74, 6) is -3.05. The van der Waals surface area contributed by atoms with Crippen LogP contribution in [0.1, 0.15) is 78.1 Å². The molecule has 6 heteroatoms. The fraction of sp³-hybridized carbons (Fsp3) is 0.680. The number of carboxylic acids is 1. The molecule has 5 atom stereocenters. The highest BCUT2D eigenvalue weighted by Gasteiger charge is 2.49. The Morgan fingerprint density at radius 3 is 2.42 bits per heavy atom. The number of Topliss-reactive ketones (excluding diaryl/α,β-unsaturated/α-hetero) is 1. The molecule has 0 aliphatic heterocycles. The van der Waals surface area contributed by atoms with Crippen molar-refractivity contribution >= 4 is 24.0 Å². The maximum absolute atomic E-state index is 12.6. The van der Waals surface area contributed by atoms with Gasteiger partial charge in [0.1, 0.15) is 18.2 Å². The minimum atomic E-state index is -1.09. The second kappa shape index (κ2) is 12.0. The summed E-state index contributed by atoms with van der Waals surface area (Å²) >= 11 is 0. The van der Waals surface area contributed by atoms with Crippen molar-refractivity contribution in [3.05, 3.63) is 23.8 Å². The number of ether oxygens (including phenoxy) is 1. The van der Waals surface area contributed by atoms with Crippen LogP contribution < -0.4 is 0 Å². The van der Waals surface area contributed by atoms with E-state index < -0.39 is 23.9 Å². The molecule has 0 radical (unpaired) electrons. The van der Waals surface area contributed by atoms with Crippen molar-refractivity contribution in [3.63, 3.8) is 0 Å². The fourth-order valence-corrected chi connectivity index (χ4v) is 5.13. The molecule has 1 N–H and O–H groups in total. The predicted molar refractivity (Wildman–Crippen MR) is 117 cm³/mol. The van der Waals surface area contributed by atoms with Gasteiger partial charge >= 0.3 is 11.9 Å². The van der Waals surface area contributed by atoms with E-state index in [4.69, 9.17) is 4.74 Å². The molecule has 2 aliphatic carbocycles. The first-order chi connectivity index (χ1) is 14.8. The Morgan fingerprint density at radius 1 is 1.16 bits per heavy atom. The number of carbonyl (C=O) groups is 4. The Bertz CT molecular complexity index is 722. The largest absolute Gasteiger partial charge is 0.478 e. The zero-order chi connectivity index (χ0) is 23.0. The maximum Gasteiger partial charge on any atom is 0.331 e. The average molecular weight is 433 g/mol. The third kappa shape index (κ3) is 6.62. The topological polar surface area (TPSA) is 97.7 Å². The predicted octanol–water partition coefficient (Wildman–Crippen LogP) is 4.67. The molecule has 0 heterocycles. The van der Waals surface area contributed by atoms with Crippen molar-refractivity contribution in [1.82, 2.24) is 0 Å². The molecule has 31 heavy (non-hydrogen) atoms. The van der Waals surface area contributed by atoms with Crippen molar-refractivity contribution in [1.29, 1.82) is 0 Å². The van der Waals surface area contributed by atoms with Gasteiger partial charge in [-0.1, -0.05) is 65.0 Å². The first-order valence-corrected chi connectivity index (χ1v) is 11.6. The Morgan fingerprint density at radius 2 is 1.81 bits per heavy atom. The Hall–Kier alpha value is -2.24. The van der Waals surface area contributed by atoms with Crippen molar-refractivity contribution in [2.24, 2.45) is 23.7 Å². The number of aliphatic carboxylic acids is 1. The third-order valence-corrected chi connectivity index (χ3v) is 6.69. The highest BCUT2D eigenvalue weighted by molar-refractivity contribution is 5.93. The summed E-state index contributed by atoms with van der Waals surface area (Å²) in [7, 11) is 0. The van der Waals surface area contributed by atoms with Gasteiger partial charge in [-0.3, -0.25) is 14.4 Å². The molecule has 1 saturated carbocycles. The standard InChI is InChI=1S/C25H36O6/c1-4-5-6-7-8-9-10-11-22(28)31-21-14-18(25(29)30)13-19-23(17(3)15-26)20(27)12-16(2)24(19)21/h13,15-16,19,21,23-24H,3-12,14H2,1-2H3,(H,29,30)/t16-,19+,21-,23-,24+/m0/s1. The number of esters is 1. The quantitative estimate of drug-likeness (QED) is 0.208. The van der Waals surface area contributed by atoms with E-state index in [1.165, 1.54) is 25.7 Å². The van der Waals surface area contributed by atoms with Gasteiger partial charge in [0.2, 0.25) is 0 Å². The monoisotopic (exact) mass is 432 g/mol. The van der Waals surface area contributed by atoms with Crippen molar-refractivity contribution in [2.75, 3.05) is 0 Å². The summed E-state index contributed by atoms with van der Waals surface area (Å²) in [6.45, 7) is 7.82. The summed E-state index contributed by atoms with van der Waals surface area (Å²) in [6, 6.07) is 0. The van der Waals surface area contributed by atoms with Gasteiger partial charge < -0.3 is 9.84 Å². The van der Waals surface area contributed by atoms with E-state index in [2.05, 4.69) is 13.5 Å². The van der Waals surface area contributed by atoms with Gasteiger partial charge in [0, 0.05) is 30.8 Å². The molecule has 0 aromatic heterocycles. The molecule has 1 fully saturated rings. The fourth-order valence-electron chi connectivity index (χ4n) is 5.13. The molecule has 0 aromatic carbocycles. The average Bonchev–Trinajstić information content (AvgIpc) is 2.72. The van der Waals surface area contributed by atoms with Crippen LogP contribution in [0.4, 0.5) is 0 Å². The minimum Gasteiger partial charge on any atom is -0.478 e. The smallest absolute Gasteiger partial charge is 0.331 e. The van der Waals surface area contributed by atoms with Gasteiger partial charge in [-0.15, -0.1) is 0 Å². The second-order valence-corrected chi connectivity index (χ2v) is 9.07. The molecule has 0 aromatic rings. The van der Waals surface area contributed by atoms with Crippen LogP contribution in [-0.4, -0.2) is 35.2 Å². The zero-order valence-electron chi connectivity index (χ0n) is 18.8. The van der Waals surface area contributed by atoms with Crippen molar-refractivity contribution in [3.8, 4) is 0 Å². The number of hydrogen-bond acceptors (Lipinski definition) is 5. The van der Waals surface area contributed by atoms with Gasteiger partial charge in [-0.25, -0.2) is 4.79 Å². The number of carbonyl (C=O) groups excluding carboxylic acids is 3. The molecule has 0 bridgehead atoms. The van der Waals surface area contributed by atoms with Gasteiger partial charge in [0.15, 0.2) is 0 Å². The Kier molecular flexibility index (Phi) is 9.66. The van der Waals surface area contributed by atoms with Gasteiger partial charge in [0.25, 0.3) is 0 Å².